The highest BCUT2D eigenvalue weighted by atomic mass is 35.5. The maximum Gasteiger partial charge on any atom is 0.268 e. The van der Waals surface area contributed by atoms with Gasteiger partial charge in [-0.25, -0.2) is 0 Å². The first kappa shape index (κ1) is 22.1. The van der Waals surface area contributed by atoms with Crippen LogP contribution in [0.2, 0.25) is 10.0 Å². The fourth-order valence-electron chi connectivity index (χ4n) is 4.43. The summed E-state index contributed by atoms with van der Waals surface area (Å²) < 4.78 is 5.21. The van der Waals surface area contributed by atoms with Crippen LogP contribution in [0.1, 0.15) is 21.5 Å². The monoisotopic (exact) mass is 498 g/mol. The van der Waals surface area contributed by atoms with Gasteiger partial charge in [-0.05, 0) is 54.1 Å². The number of hydrogen-bond acceptors (Lipinski definition) is 4. The molecule has 0 saturated carbocycles. The van der Waals surface area contributed by atoms with Crippen molar-refractivity contribution in [2.45, 2.75) is 11.4 Å². The second-order valence-corrected chi connectivity index (χ2v) is 9.95. The van der Waals surface area contributed by atoms with E-state index < -0.39 is 4.87 Å². The van der Waals surface area contributed by atoms with Crippen LogP contribution < -0.4 is 9.64 Å². The summed E-state index contributed by atoms with van der Waals surface area (Å²) in [5, 5.41) is 1.11. The van der Waals surface area contributed by atoms with Crippen LogP contribution in [0.25, 0.3) is 0 Å². The Hall–Kier alpha value is -2.67. The molecule has 0 radical (unpaired) electrons. The van der Waals surface area contributed by atoms with Gasteiger partial charge in [-0.1, -0.05) is 41.4 Å². The second-order valence-electron chi connectivity index (χ2n) is 7.82. The van der Waals surface area contributed by atoms with E-state index in [0.29, 0.717) is 40.2 Å². The number of benzene rings is 3. The molecule has 1 spiro atoms. The third-order valence-corrected chi connectivity index (χ3v) is 8.05. The van der Waals surface area contributed by atoms with E-state index in [2.05, 4.69) is 0 Å². The molecule has 5 nitrogen and oxygen atoms in total. The number of amides is 2. The van der Waals surface area contributed by atoms with E-state index in [1.165, 1.54) is 11.8 Å². The predicted octanol–water partition coefficient (Wildman–Crippen LogP) is 5.59. The molecule has 33 heavy (non-hydrogen) atoms. The number of hydrogen-bond donors (Lipinski definition) is 0. The van der Waals surface area contributed by atoms with Crippen LogP contribution in [-0.2, 0) is 16.2 Å². The van der Waals surface area contributed by atoms with Gasteiger partial charge in [0.2, 0.25) is 0 Å². The predicted molar refractivity (Wildman–Crippen MR) is 132 cm³/mol. The van der Waals surface area contributed by atoms with Gasteiger partial charge < -0.3 is 14.5 Å². The molecule has 2 aliphatic heterocycles. The SMILES string of the molecule is COc1ccc(C(=O)N2CCS[C@@]23C(=O)N(Cc2ccccc2Cl)c2ccc(Cl)cc23)cc1. The van der Waals surface area contributed by atoms with Gasteiger partial charge in [0.1, 0.15) is 5.75 Å². The Balaban J connectivity index is 1.58. The van der Waals surface area contributed by atoms with Crippen molar-refractivity contribution in [2.24, 2.45) is 0 Å². The van der Waals surface area contributed by atoms with E-state index >= 15 is 0 Å². The lowest BCUT2D eigenvalue weighted by atomic mass is 10.0. The van der Waals surface area contributed by atoms with Crippen molar-refractivity contribution in [3.63, 3.8) is 0 Å². The number of fused-ring (bicyclic) bond motifs is 2. The van der Waals surface area contributed by atoms with E-state index in [-0.39, 0.29) is 11.8 Å². The van der Waals surface area contributed by atoms with Gasteiger partial charge in [0.15, 0.2) is 4.87 Å². The van der Waals surface area contributed by atoms with Gasteiger partial charge in [-0.3, -0.25) is 9.59 Å². The highest BCUT2D eigenvalue weighted by molar-refractivity contribution is 8.01. The Bertz CT molecular complexity index is 1250. The van der Waals surface area contributed by atoms with Crippen molar-refractivity contribution in [3.8, 4) is 5.75 Å². The van der Waals surface area contributed by atoms with Crippen molar-refractivity contribution in [3.05, 3.63) is 93.5 Å². The highest BCUT2D eigenvalue weighted by Crippen LogP contribution is 2.55. The Morgan fingerprint density at radius 1 is 1.09 bits per heavy atom. The highest BCUT2D eigenvalue weighted by Gasteiger charge is 2.59. The molecule has 2 amide bonds. The van der Waals surface area contributed by atoms with Crippen molar-refractivity contribution in [1.29, 1.82) is 0 Å². The molecule has 1 saturated heterocycles. The zero-order valence-electron chi connectivity index (χ0n) is 17.8. The minimum Gasteiger partial charge on any atom is -0.497 e. The average molecular weight is 499 g/mol. The number of rotatable bonds is 4. The summed E-state index contributed by atoms with van der Waals surface area (Å²) in [6.07, 6.45) is 0. The molecule has 0 bridgehead atoms. The third kappa shape index (κ3) is 3.57. The fourth-order valence-corrected chi connectivity index (χ4v) is 6.25. The molecule has 2 heterocycles. The van der Waals surface area contributed by atoms with Crippen molar-refractivity contribution in [2.75, 3.05) is 24.3 Å². The maximum absolute atomic E-state index is 14.1. The van der Waals surface area contributed by atoms with Gasteiger partial charge in [-0.15, -0.1) is 11.8 Å². The van der Waals surface area contributed by atoms with Crippen LogP contribution in [0.4, 0.5) is 5.69 Å². The Labute approximate surface area is 206 Å². The van der Waals surface area contributed by atoms with Gasteiger partial charge in [0.25, 0.3) is 11.8 Å². The summed E-state index contributed by atoms with van der Waals surface area (Å²) in [6, 6.07) is 19.8. The zero-order valence-corrected chi connectivity index (χ0v) is 20.1. The van der Waals surface area contributed by atoms with Gasteiger partial charge in [0.05, 0.1) is 19.3 Å². The number of carbonyl (C=O) groups excluding carboxylic acids is 2. The standard InChI is InChI=1S/C25H20Cl2N2O3S/c1-32-19-9-6-16(7-10-19)23(30)29-12-13-33-25(29)20-14-18(26)8-11-22(20)28(24(25)31)15-17-4-2-3-5-21(17)27/h2-11,14H,12-13,15H2,1H3/t25-/m0/s1. The molecule has 1 atom stereocenters. The molecular weight excluding hydrogens is 479 g/mol. The summed E-state index contributed by atoms with van der Waals surface area (Å²) >= 11 is 14.2. The zero-order chi connectivity index (χ0) is 23.2. The number of anilines is 1. The van der Waals surface area contributed by atoms with Gasteiger partial charge in [0, 0.05) is 33.5 Å². The lowest BCUT2D eigenvalue weighted by molar-refractivity contribution is -0.123. The maximum atomic E-state index is 14.1. The smallest absolute Gasteiger partial charge is 0.268 e. The minimum atomic E-state index is -1.17. The van der Waals surface area contributed by atoms with Crippen molar-refractivity contribution in [1.82, 2.24) is 4.90 Å². The summed E-state index contributed by atoms with van der Waals surface area (Å²) in [6.45, 7) is 0.757. The van der Waals surface area contributed by atoms with E-state index in [9.17, 15) is 9.59 Å². The van der Waals surface area contributed by atoms with E-state index in [4.69, 9.17) is 27.9 Å². The van der Waals surface area contributed by atoms with E-state index in [0.717, 1.165) is 16.8 Å². The van der Waals surface area contributed by atoms with Gasteiger partial charge >= 0.3 is 0 Å². The molecule has 0 N–H and O–H groups in total. The molecule has 3 aromatic carbocycles. The number of methoxy groups -OCH3 is 1. The molecule has 5 rings (SSSR count). The van der Waals surface area contributed by atoms with Crippen molar-refractivity contribution < 1.29 is 14.3 Å². The minimum absolute atomic E-state index is 0.163. The van der Waals surface area contributed by atoms with E-state index in [1.807, 2.05) is 24.3 Å². The molecule has 8 heteroatoms. The third-order valence-electron chi connectivity index (χ3n) is 6.02. The lowest BCUT2D eigenvalue weighted by Crippen LogP contribution is -2.50. The summed E-state index contributed by atoms with van der Waals surface area (Å²) in [4.78, 5) is 29.9. The molecule has 168 valence electrons. The quantitative estimate of drug-likeness (QED) is 0.470. The molecule has 3 aromatic rings. The van der Waals surface area contributed by atoms with Crippen LogP contribution in [-0.4, -0.2) is 36.1 Å². The second kappa shape index (κ2) is 8.60. The Morgan fingerprint density at radius 2 is 1.85 bits per heavy atom. The first-order valence-electron chi connectivity index (χ1n) is 10.4. The van der Waals surface area contributed by atoms with E-state index in [1.54, 1.807) is 59.4 Å². The first-order valence-corrected chi connectivity index (χ1v) is 12.2. The number of ether oxygens (including phenoxy) is 1. The number of halogens is 2. The molecule has 0 aliphatic carbocycles. The molecule has 0 unspecified atom stereocenters. The molecular formula is C25H20Cl2N2O3S. The largest absolute Gasteiger partial charge is 0.497 e. The Morgan fingerprint density at radius 3 is 2.58 bits per heavy atom. The number of thioether (sulfide) groups is 1. The topological polar surface area (TPSA) is 49.9 Å². The summed E-state index contributed by atoms with van der Waals surface area (Å²) in [7, 11) is 1.58. The molecule has 2 aliphatic rings. The lowest BCUT2D eigenvalue weighted by Gasteiger charge is -2.33. The summed E-state index contributed by atoms with van der Waals surface area (Å²) in [5.41, 5.74) is 2.81. The van der Waals surface area contributed by atoms with Gasteiger partial charge in [-0.2, -0.15) is 0 Å². The van der Waals surface area contributed by atoms with Crippen LogP contribution in [0.15, 0.2) is 66.7 Å². The van der Waals surface area contributed by atoms with Crippen LogP contribution in [0, 0.1) is 0 Å². The van der Waals surface area contributed by atoms with Crippen LogP contribution >= 0.6 is 35.0 Å². The summed E-state index contributed by atoms with van der Waals surface area (Å²) in [5.74, 6) is 0.933. The number of carbonyl (C=O) groups is 2. The molecule has 0 aromatic heterocycles. The Kier molecular flexibility index (Phi) is 5.77. The average Bonchev–Trinajstić information content (AvgIpc) is 3.37. The fraction of sp³-hybridized carbons (Fsp3) is 0.200. The number of nitrogens with zero attached hydrogens (tertiary/aromatic N) is 2. The normalized spacial score (nSPS) is 19.3. The first-order chi connectivity index (χ1) is 16.0. The van der Waals surface area contributed by atoms with Crippen LogP contribution in [0.3, 0.4) is 0 Å². The van der Waals surface area contributed by atoms with Crippen molar-refractivity contribution >= 4 is 52.5 Å². The molecule has 1 fully saturated rings. The van der Waals surface area contributed by atoms with Crippen LogP contribution in [0.5, 0.6) is 5.75 Å².